The van der Waals surface area contributed by atoms with Crippen LogP contribution in [0.15, 0.2) is 22.4 Å². The van der Waals surface area contributed by atoms with E-state index in [-0.39, 0.29) is 0 Å². The van der Waals surface area contributed by atoms with Gasteiger partial charge in [-0.25, -0.2) is 0 Å². The van der Waals surface area contributed by atoms with Crippen LogP contribution in [0.5, 0.6) is 0 Å². The maximum Gasteiger partial charge on any atom is 0.0440 e. The Kier molecular flexibility index (Phi) is 6.15. The molecule has 0 saturated carbocycles. The Morgan fingerprint density at radius 1 is 1.00 bits per heavy atom. The Balaban J connectivity index is 3.37. The molecule has 0 heterocycles. The van der Waals surface area contributed by atoms with Gasteiger partial charge in [-0.15, -0.1) is 0 Å². The maximum atomic E-state index is 7.81. The number of nitrogens with zero attached hydrogens (tertiary/aromatic N) is 6. The molecule has 0 aromatic heterocycles. The van der Waals surface area contributed by atoms with E-state index in [1.165, 1.54) is 0 Å². The standard InChI is InChI=1S/C4H6N6/c5-9-7-3-1-2-4-8-10-6/h1-2H,3-4H2/b2-1+. The summed E-state index contributed by atoms with van der Waals surface area (Å²) in [7, 11) is 0. The van der Waals surface area contributed by atoms with Gasteiger partial charge in [-0.3, -0.25) is 0 Å². The fourth-order valence-corrected chi connectivity index (χ4v) is 0.316. The van der Waals surface area contributed by atoms with E-state index >= 15 is 0 Å². The molecule has 0 fully saturated rings. The smallest absolute Gasteiger partial charge is 0.0440 e. The van der Waals surface area contributed by atoms with E-state index in [0.29, 0.717) is 13.1 Å². The summed E-state index contributed by atoms with van der Waals surface area (Å²) in [4.78, 5) is 5.05. The third-order valence-corrected chi connectivity index (χ3v) is 0.667. The van der Waals surface area contributed by atoms with Crippen LogP contribution in [0.25, 0.3) is 20.9 Å². The zero-order valence-electron chi connectivity index (χ0n) is 5.25. The summed E-state index contributed by atoms with van der Waals surface area (Å²) < 4.78 is 0. The van der Waals surface area contributed by atoms with Crippen LogP contribution in [0, 0.1) is 0 Å². The molecule has 0 saturated heterocycles. The Morgan fingerprint density at radius 3 is 1.70 bits per heavy atom. The highest BCUT2D eigenvalue weighted by Crippen LogP contribution is 1.78. The van der Waals surface area contributed by atoms with Crippen molar-refractivity contribution >= 4 is 0 Å². The summed E-state index contributed by atoms with van der Waals surface area (Å²) in [6, 6.07) is 0. The molecule has 0 rings (SSSR count). The van der Waals surface area contributed by atoms with Crippen LogP contribution in [0.3, 0.4) is 0 Å². The molecule has 0 aromatic rings. The summed E-state index contributed by atoms with van der Waals surface area (Å²) in [6.07, 6.45) is 3.27. The fourth-order valence-electron chi connectivity index (χ4n) is 0.316. The van der Waals surface area contributed by atoms with Crippen molar-refractivity contribution in [3.63, 3.8) is 0 Å². The molecular formula is C4H6N6. The molecule has 0 aromatic carbocycles. The molecule has 0 aliphatic carbocycles. The Morgan fingerprint density at radius 2 is 1.40 bits per heavy atom. The van der Waals surface area contributed by atoms with E-state index in [1.807, 2.05) is 0 Å². The summed E-state index contributed by atoms with van der Waals surface area (Å²) >= 11 is 0. The molecule has 0 amide bonds. The van der Waals surface area contributed by atoms with Gasteiger partial charge in [-0.2, -0.15) is 0 Å². The first-order chi connectivity index (χ1) is 4.91. The molecule has 0 bridgehead atoms. The second-order valence-corrected chi connectivity index (χ2v) is 1.30. The summed E-state index contributed by atoms with van der Waals surface area (Å²) in [6.45, 7) is 0.606. The first-order valence-corrected chi connectivity index (χ1v) is 2.58. The Labute approximate surface area is 57.4 Å². The van der Waals surface area contributed by atoms with Crippen molar-refractivity contribution in [1.82, 2.24) is 0 Å². The second kappa shape index (κ2) is 7.36. The van der Waals surface area contributed by atoms with E-state index in [1.54, 1.807) is 12.2 Å². The normalized spacial score (nSPS) is 8.40. The third kappa shape index (κ3) is 6.36. The van der Waals surface area contributed by atoms with Gasteiger partial charge in [0.05, 0.1) is 0 Å². The van der Waals surface area contributed by atoms with Crippen molar-refractivity contribution < 1.29 is 0 Å². The van der Waals surface area contributed by atoms with Crippen LogP contribution < -0.4 is 0 Å². The fraction of sp³-hybridized carbons (Fsp3) is 0.500. The average molecular weight is 138 g/mol. The van der Waals surface area contributed by atoms with E-state index < -0.39 is 0 Å². The van der Waals surface area contributed by atoms with E-state index in [2.05, 4.69) is 20.1 Å². The Hall–Kier alpha value is -1.64. The van der Waals surface area contributed by atoms with Crippen LogP contribution >= 0.6 is 0 Å². The molecular weight excluding hydrogens is 132 g/mol. The van der Waals surface area contributed by atoms with Gasteiger partial charge in [0.2, 0.25) is 0 Å². The Bertz CT molecular complexity index is 172. The van der Waals surface area contributed by atoms with Gasteiger partial charge < -0.3 is 0 Å². The molecule has 10 heavy (non-hydrogen) atoms. The monoisotopic (exact) mass is 138 g/mol. The highest BCUT2D eigenvalue weighted by Gasteiger charge is 1.69. The molecule has 0 aliphatic rings. The zero-order valence-corrected chi connectivity index (χ0v) is 5.25. The lowest BCUT2D eigenvalue weighted by Crippen LogP contribution is -1.70. The lowest BCUT2D eigenvalue weighted by atomic mass is 10.5. The molecule has 0 atom stereocenters. The van der Waals surface area contributed by atoms with Gasteiger partial charge in [0.15, 0.2) is 0 Å². The van der Waals surface area contributed by atoms with Crippen LogP contribution in [0.4, 0.5) is 0 Å². The maximum absolute atomic E-state index is 7.81. The van der Waals surface area contributed by atoms with Crippen molar-refractivity contribution in [1.29, 1.82) is 0 Å². The number of azide groups is 2. The van der Waals surface area contributed by atoms with E-state index in [4.69, 9.17) is 11.1 Å². The quantitative estimate of drug-likeness (QED) is 0.246. The van der Waals surface area contributed by atoms with Crippen molar-refractivity contribution in [2.24, 2.45) is 10.2 Å². The lowest BCUT2D eigenvalue weighted by molar-refractivity contribution is 1.16. The molecule has 0 aliphatic heterocycles. The SMILES string of the molecule is [N-]=[N+]=NC/C=C/CN=[N+]=[N-]. The van der Waals surface area contributed by atoms with Gasteiger partial charge >= 0.3 is 0 Å². The topological polar surface area (TPSA) is 97.5 Å². The largest absolute Gasteiger partial charge is 0.0899 e. The summed E-state index contributed by atoms with van der Waals surface area (Å²) in [5.74, 6) is 0. The number of rotatable bonds is 4. The predicted molar refractivity (Wildman–Crippen MR) is 37.2 cm³/mol. The van der Waals surface area contributed by atoms with Gasteiger partial charge in [-0.05, 0) is 11.1 Å². The number of hydrogen-bond acceptors (Lipinski definition) is 2. The molecule has 0 radical (unpaired) electrons. The molecule has 0 spiro atoms. The van der Waals surface area contributed by atoms with Crippen molar-refractivity contribution in [3.05, 3.63) is 33.0 Å². The minimum Gasteiger partial charge on any atom is -0.0899 e. The zero-order chi connectivity index (χ0) is 7.66. The first kappa shape index (κ1) is 8.36. The van der Waals surface area contributed by atoms with Crippen molar-refractivity contribution in [2.45, 2.75) is 0 Å². The molecule has 6 heteroatoms. The van der Waals surface area contributed by atoms with Crippen LogP contribution in [-0.4, -0.2) is 13.1 Å². The van der Waals surface area contributed by atoms with Crippen molar-refractivity contribution in [2.75, 3.05) is 13.1 Å². The van der Waals surface area contributed by atoms with Crippen LogP contribution in [0.1, 0.15) is 0 Å². The number of hydrogen-bond donors (Lipinski definition) is 0. The highest BCUT2D eigenvalue weighted by molar-refractivity contribution is 4.85. The van der Waals surface area contributed by atoms with Crippen LogP contribution in [0.2, 0.25) is 0 Å². The minimum absolute atomic E-state index is 0.303. The van der Waals surface area contributed by atoms with Crippen molar-refractivity contribution in [3.8, 4) is 0 Å². The van der Waals surface area contributed by atoms with Crippen LogP contribution in [-0.2, 0) is 0 Å². The van der Waals surface area contributed by atoms with E-state index in [9.17, 15) is 0 Å². The predicted octanol–water partition coefficient (Wildman–Crippen LogP) is 2.16. The molecule has 0 unspecified atom stereocenters. The first-order valence-electron chi connectivity index (χ1n) is 2.58. The van der Waals surface area contributed by atoms with Gasteiger partial charge in [0.1, 0.15) is 0 Å². The lowest BCUT2D eigenvalue weighted by Gasteiger charge is -1.75. The minimum atomic E-state index is 0.303. The summed E-state index contributed by atoms with van der Waals surface area (Å²) in [5.41, 5.74) is 15.6. The van der Waals surface area contributed by atoms with Gasteiger partial charge in [-0.1, -0.05) is 22.4 Å². The van der Waals surface area contributed by atoms with Gasteiger partial charge in [0, 0.05) is 22.9 Å². The van der Waals surface area contributed by atoms with Gasteiger partial charge in [0.25, 0.3) is 0 Å². The summed E-state index contributed by atoms with van der Waals surface area (Å²) in [5, 5.41) is 6.46. The van der Waals surface area contributed by atoms with E-state index in [0.717, 1.165) is 0 Å². The second-order valence-electron chi connectivity index (χ2n) is 1.30. The highest BCUT2D eigenvalue weighted by atomic mass is 15.1. The molecule has 6 nitrogen and oxygen atoms in total. The average Bonchev–Trinajstić information content (AvgIpc) is 1.97. The third-order valence-electron chi connectivity index (χ3n) is 0.667. The molecule has 0 N–H and O–H groups in total. The molecule has 52 valence electrons.